The fraction of sp³-hybridized carbons (Fsp3) is 0.952. The highest BCUT2D eigenvalue weighted by Crippen LogP contribution is 2.40. The predicted octanol–water partition coefficient (Wildman–Crippen LogP) is 5.79. The molecule has 1 unspecified atom stereocenters. The van der Waals surface area contributed by atoms with Crippen molar-refractivity contribution in [1.29, 1.82) is 0 Å². The number of hydrogen-bond acceptors (Lipinski definition) is 4. The van der Waals surface area contributed by atoms with Gasteiger partial charge in [0.05, 0.1) is 5.60 Å². The molecule has 0 aromatic carbocycles. The topological polar surface area (TPSA) is 55.8 Å². The summed E-state index contributed by atoms with van der Waals surface area (Å²) in [4.78, 5) is 17.9. The molecule has 0 saturated heterocycles. The fourth-order valence-electron chi connectivity index (χ4n) is 4.20. The van der Waals surface area contributed by atoms with Gasteiger partial charge in [0.1, 0.15) is 11.9 Å². The van der Waals surface area contributed by atoms with Gasteiger partial charge in [-0.15, -0.1) is 0 Å². The Morgan fingerprint density at radius 1 is 1.15 bits per heavy atom. The second-order valence-electron chi connectivity index (χ2n) is 8.18. The molecule has 1 saturated carbocycles. The average molecular weight is 387 g/mol. The highest BCUT2D eigenvalue weighted by molar-refractivity contribution is 6.73. The van der Waals surface area contributed by atoms with Gasteiger partial charge in [-0.25, -0.2) is 4.89 Å². The van der Waals surface area contributed by atoms with E-state index in [9.17, 15) is 9.90 Å². The van der Waals surface area contributed by atoms with Gasteiger partial charge in [0.2, 0.25) is 8.32 Å². The number of rotatable bonds is 13. The van der Waals surface area contributed by atoms with Crippen LogP contribution in [0.15, 0.2) is 0 Å². The van der Waals surface area contributed by atoms with Gasteiger partial charge >= 0.3 is 0 Å². The maximum Gasteiger partial charge on any atom is 0.238 e. The normalized spacial score (nSPS) is 25.2. The summed E-state index contributed by atoms with van der Waals surface area (Å²) >= 11 is 0. The van der Waals surface area contributed by atoms with Crippen molar-refractivity contribution in [2.75, 3.05) is 0 Å². The van der Waals surface area contributed by atoms with E-state index in [1.165, 1.54) is 0 Å². The average Bonchev–Trinajstić information content (AvgIpc) is 2.67. The van der Waals surface area contributed by atoms with Crippen molar-refractivity contribution in [1.82, 2.24) is 0 Å². The van der Waals surface area contributed by atoms with E-state index in [1.807, 2.05) is 6.92 Å². The van der Waals surface area contributed by atoms with Crippen LogP contribution in [-0.4, -0.2) is 30.9 Å². The van der Waals surface area contributed by atoms with E-state index in [-0.39, 0.29) is 12.0 Å². The molecule has 0 spiro atoms. The summed E-state index contributed by atoms with van der Waals surface area (Å²) in [7, 11) is -1.84. The van der Waals surface area contributed by atoms with E-state index in [4.69, 9.17) is 9.46 Å². The quantitative estimate of drug-likeness (QED) is 0.247. The van der Waals surface area contributed by atoms with E-state index in [1.54, 1.807) is 0 Å². The third-order valence-corrected chi connectivity index (χ3v) is 11.0. The minimum absolute atomic E-state index is 0.126. The number of hydrogen-bond donors (Lipinski definition) is 1. The van der Waals surface area contributed by atoms with Crippen molar-refractivity contribution in [3.8, 4) is 0 Å². The molecular formula is C21H42O4Si. The Bertz CT molecular complexity index is 403. The van der Waals surface area contributed by atoms with Gasteiger partial charge in [0.25, 0.3) is 0 Å². The smallest absolute Gasteiger partial charge is 0.238 e. The zero-order valence-electron chi connectivity index (χ0n) is 17.8. The standard InChI is InChI=1S/C21H42O4Si/c1-6-10-14-20(22)16-15-19-13-11-12-17-21(19,23)18(5)24-25-26(7-2,8-3)9-4/h18-19,23H,6-17H2,1-5H3/t18?,19-,21+/m1/s1. The second-order valence-corrected chi connectivity index (χ2v) is 12.8. The van der Waals surface area contributed by atoms with Crippen LogP contribution in [0.2, 0.25) is 18.1 Å². The van der Waals surface area contributed by atoms with Crippen molar-refractivity contribution < 1.29 is 19.4 Å². The number of carbonyl (C=O) groups excluding carboxylic acids is 1. The summed E-state index contributed by atoms with van der Waals surface area (Å²) in [5, 5.41) is 11.4. The maximum atomic E-state index is 12.1. The monoisotopic (exact) mass is 386 g/mol. The summed E-state index contributed by atoms with van der Waals surface area (Å²) in [6.07, 6.45) is 7.56. The molecule has 0 heterocycles. The lowest BCUT2D eigenvalue weighted by Crippen LogP contribution is -2.52. The van der Waals surface area contributed by atoms with Crippen LogP contribution in [0.25, 0.3) is 0 Å². The highest BCUT2D eigenvalue weighted by Gasteiger charge is 2.45. The SMILES string of the molecule is CCCCC(=O)CC[C@H]1CCCC[C@]1(O)C(C)OO[Si](CC)(CC)CC. The Kier molecular flexibility index (Phi) is 10.6. The summed E-state index contributed by atoms with van der Waals surface area (Å²) in [6, 6.07) is 3.08. The third kappa shape index (κ3) is 6.43. The fourth-order valence-corrected chi connectivity index (χ4v) is 6.40. The lowest BCUT2D eigenvalue weighted by Gasteiger charge is -2.44. The molecular weight excluding hydrogens is 344 g/mol. The number of carbonyl (C=O) groups is 1. The van der Waals surface area contributed by atoms with Gasteiger partial charge in [0.15, 0.2) is 0 Å². The van der Waals surface area contributed by atoms with Crippen LogP contribution < -0.4 is 0 Å². The van der Waals surface area contributed by atoms with Crippen LogP contribution in [0.5, 0.6) is 0 Å². The first-order valence-electron chi connectivity index (χ1n) is 11.0. The zero-order chi connectivity index (χ0) is 19.6. The van der Waals surface area contributed by atoms with Crippen LogP contribution in [0, 0.1) is 5.92 Å². The largest absolute Gasteiger partial charge is 0.387 e. The molecule has 0 aromatic heterocycles. The summed E-state index contributed by atoms with van der Waals surface area (Å²) < 4.78 is 6.00. The van der Waals surface area contributed by atoms with E-state index in [0.29, 0.717) is 18.6 Å². The first-order chi connectivity index (χ1) is 12.4. The van der Waals surface area contributed by atoms with E-state index >= 15 is 0 Å². The Hall–Kier alpha value is -0.233. The molecule has 0 aliphatic heterocycles. The molecule has 0 bridgehead atoms. The molecule has 4 nitrogen and oxygen atoms in total. The molecule has 0 aromatic rings. The lowest BCUT2D eigenvalue weighted by atomic mass is 9.70. The molecule has 154 valence electrons. The number of Topliss-reactive ketones (excluding diaryl/α,β-unsaturated/α-hetero) is 1. The molecule has 0 radical (unpaired) electrons. The predicted molar refractivity (Wildman–Crippen MR) is 110 cm³/mol. The summed E-state index contributed by atoms with van der Waals surface area (Å²) in [5.74, 6) is 0.459. The van der Waals surface area contributed by atoms with Crippen molar-refractivity contribution in [2.45, 2.75) is 122 Å². The minimum atomic E-state index is -1.84. The number of unbranched alkanes of at least 4 members (excludes halogenated alkanes) is 1. The van der Waals surface area contributed by atoms with Crippen LogP contribution >= 0.6 is 0 Å². The molecule has 1 rings (SSSR count). The number of aliphatic hydroxyl groups is 1. The van der Waals surface area contributed by atoms with Crippen LogP contribution in [0.4, 0.5) is 0 Å². The van der Waals surface area contributed by atoms with E-state index < -0.39 is 13.9 Å². The third-order valence-electron chi connectivity index (χ3n) is 6.67. The summed E-state index contributed by atoms with van der Waals surface area (Å²) in [6.45, 7) is 10.6. The highest BCUT2D eigenvalue weighted by atomic mass is 28.4. The Morgan fingerprint density at radius 3 is 2.38 bits per heavy atom. The minimum Gasteiger partial charge on any atom is -0.387 e. The molecule has 1 fully saturated rings. The van der Waals surface area contributed by atoms with Gasteiger partial charge in [-0.1, -0.05) is 47.0 Å². The summed E-state index contributed by atoms with van der Waals surface area (Å²) in [5.41, 5.74) is -0.876. The van der Waals surface area contributed by atoms with E-state index in [0.717, 1.165) is 63.1 Å². The van der Waals surface area contributed by atoms with Gasteiger partial charge in [-0.3, -0.25) is 9.37 Å². The molecule has 0 amide bonds. The molecule has 1 aliphatic rings. The first-order valence-corrected chi connectivity index (χ1v) is 13.5. The van der Waals surface area contributed by atoms with Gasteiger partial charge in [-0.05, 0) is 56.7 Å². The Balaban J connectivity index is 2.67. The Morgan fingerprint density at radius 2 is 1.81 bits per heavy atom. The second kappa shape index (κ2) is 11.6. The van der Waals surface area contributed by atoms with Gasteiger partial charge in [-0.2, -0.15) is 0 Å². The van der Waals surface area contributed by atoms with E-state index in [2.05, 4.69) is 27.7 Å². The van der Waals surface area contributed by atoms with Crippen LogP contribution in [0.3, 0.4) is 0 Å². The van der Waals surface area contributed by atoms with Gasteiger partial charge < -0.3 is 5.11 Å². The zero-order valence-corrected chi connectivity index (χ0v) is 18.8. The Labute approximate surface area is 162 Å². The van der Waals surface area contributed by atoms with Crippen molar-refractivity contribution in [3.05, 3.63) is 0 Å². The molecule has 1 aliphatic carbocycles. The van der Waals surface area contributed by atoms with Crippen molar-refractivity contribution >= 4 is 14.1 Å². The maximum absolute atomic E-state index is 12.1. The van der Waals surface area contributed by atoms with Crippen LogP contribution in [0.1, 0.15) is 92.4 Å². The number of ketones is 1. The molecule has 5 heteroatoms. The molecule has 26 heavy (non-hydrogen) atoms. The molecule has 3 atom stereocenters. The lowest BCUT2D eigenvalue weighted by molar-refractivity contribution is -0.303. The van der Waals surface area contributed by atoms with Crippen molar-refractivity contribution in [2.24, 2.45) is 5.92 Å². The first kappa shape index (κ1) is 23.8. The van der Waals surface area contributed by atoms with Crippen LogP contribution in [-0.2, 0) is 14.3 Å². The molecule has 1 N–H and O–H groups in total. The van der Waals surface area contributed by atoms with Gasteiger partial charge in [0, 0.05) is 12.8 Å². The van der Waals surface area contributed by atoms with Crippen molar-refractivity contribution in [3.63, 3.8) is 0 Å².